The Labute approximate surface area is 104 Å². The molecule has 2 rings (SSSR count). The molecule has 1 aliphatic heterocycles. The summed E-state index contributed by atoms with van der Waals surface area (Å²) in [5.74, 6) is 0.887. The number of nitrogens with zero attached hydrogens (tertiary/aromatic N) is 1. The van der Waals surface area contributed by atoms with Crippen LogP contribution in [0.1, 0.15) is 12.8 Å². The number of likely N-dealkylation sites (N-methyl/N-ethyl adjacent to an activating group) is 1. The molecule has 3 nitrogen and oxygen atoms in total. The molecule has 1 aliphatic rings. The van der Waals surface area contributed by atoms with Gasteiger partial charge in [0.05, 0.1) is 27.7 Å². The quantitative estimate of drug-likeness (QED) is 0.750. The molecule has 1 fully saturated rings. The number of hydrogen-bond acceptors (Lipinski definition) is 2. The van der Waals surface area contributed by atoms with Gasteiger partial charge in [0.1, 0.15) is 5.75 Å². The summed E-state index contributed by atoms with van der Waals surface area (Å²) < 4.78 is 12.6. The first kappa shape index (κ1) is 12.4. The van der Waals surface area contributed by atoms with E-state index in [2.05, 4.69) is 21.1 Å². The van der Waals surface area contributed by atoms with Crippen molar-refractivity contribution in [1.29, 1.82) is 0 Å². The number of hydrogen-bond donors (Lipinski definition) is 0. The molecule has 0 amide bonds. The summed E-state index contributed by atoms with van der Waals surface area (Å²) in [7, 11) is 6.59. The molecule has 94 valence electrons. The zero-order valence-corrected chi connectivity index (χ0v) is 10.9. The van der Waals surface area contributed by atoms with Gasteiger partial charge in [-0.1, -0.05) is 18.2 Å². The van der Waals surface area contributed by atoms with Gasteiger partial charge < -0.3 is 14.0 Å². The Balaban J connectivity index is 2.07. The second kappa shape index (κ2) is 5.07. The molecule has 3 heteroatoms. The third kappa shape index (κ3) is 3.20. The van der Waals surface area contributed by atoms with Crippen LogP contribution in [0.3, 0.4) is 0 Å². The molecule has 0 spiro atoms. The molecule has 0 bridgehead atoms. The second-order valence-corrected chi connectivity index (χ2v) is 5.50. The van der Waals surface area contributed by atoms with E-state index in [0.717, 1.165) is 29.7 Å². The van der Waals surface area contributed by atoms with Gasteiger partial charge in [-0.25, -0.2) is 0 Å². The number of ether oxygens (including phenoxy) is 2. The first-order valence-corrected chi connectivity index (χ1v) is 6.22. The van der Waals surface area contributed by atoms with E-state index in [4.69, 9.17) is 9.47 Å². The van der Waals surface area contributed by atoms with Crippen molar-refractivity contribution < 1.29 is 14.0 Å². The average molecular weight is 236 g/mol. The molecule has 1 aromatic rings. The van der Waals surface area contributed by atoms with Crippen molar-refractivity contribution in [3.05, 3.63) is 30.3 Å². The van der Waals surface area contributed by atoms with Gasteiger partial charge in [0.15, 0.2) is 6.04 Å². The van der Waals surface area contributed by atoms with Gasteiger partial charge in [-0.2, -0.15) is 0 Å². The van der Waals surface area contributed by atoms with E-state index >= 15 is 0 Å². The SMILES string of the molecule is C[N+](C)(C)[C@H]1CCCO[C@H]1Oc1ccccc1. The van der Waals surface area contributed by atoms with E-state index in [1.807, 2.05) is 30.3 Å². The van der Waals surface area contributed by atoms with Crippen LogP contribution in [0, 0.1) is 0 Å². The van der Waals surface area contributed by atoms with Crippen molar-refractivity contribution in [2.45, 2.75) is 25.2 Å². The van der Waals surface area contributed by atoms with Crippen molar-refractivity contribution in [2.24, 2.45) is 0 Å². The first-order valence-electron chi connectivity index (χ1n) is 6.22. The van der Waals surface area contributed by atoms with Crippen LogP contribution in [-0.4, -0.2) is 44.6 Å². The molecule has 17 heavy (non-hydrogen) atoms. The lowest BCUT2D eigenvalue weighted by Gasteiger charge is -2.40. The molecular formula is C14H22NO2+. The van der Waals surface area contributed by atoms with E-state index in [1.165, 1.54) is 0 Å². The minimum Gasteiger partial charge on any atom is -0.458 e. The van der Waals surface area contributed by atoms with Crippen LogP contribution < -0.4 is 4.74 Å². The highest BCUT2D eigenvalue weighted by Gasteiger charge is 2.37. The average Bonchev–Trinajstić information content (AvgIpc) is 2.30. The topological polar surface area (TPSA) is 18.5 Å². The first-order chi connectivity index (χ1) is 8.07. The second-order valence-electron chi connectivity index (χ2n) is 5.50. The Kier molecular flexibility index (Phi) is 3.69. The van der Waals surface area contributed by atoms with E-state index < -0.39 is 0 Å². The van der Waals surface area contributed by atoms with Crippen LogP contribution in [0.2, 0.25) is 0 Å². The summed E-state index contributed by atoms with van der Waals surface area (Å²) in [5, 5.41) is 0. The fourth-order valence-electron chi connectivity index (χ4n) is 2.24. The Morgan fingerprint density at radius 3 is 2.53 bits per heavy atom. The van der Waals surface area contributed by atoms with Crippen molar-refractivity contribution in [1.82, 2.24) is 0 Å². The third-order valence-corrected chi connectivity index (χ3v) is 3.23. The normalized spacial score (nSPS) is 25.6. The molecule has 1 heterocycles. The van der Waals surface area contributed by atoms with Crippen LogP contribution in [0.15, 0.2) is 30.3 Å². The van der Waals surface area contributed by atoms with Gasteiger partial charge in [0.2, 0.25) is 0 Å². The minimum atomic E-state index is -0.133. The molecule has 0 unspecified atom stereocenters. The maximum absolute atomic E-state index is 5.96. The molecular weight excluding hydrogens is 214 g/mol. The minimum absolute atomic E-state index is 0.133. The zero-order valence-electron chi connectivity index (χ0n) is 10.9. The maximum atomic E-state index is 5.96. The van der Waals surface area contributed by atoms with Crippen LogP contribution in [-0.2, 0) is 4.74 Å². The zero-order chi connectivity index (χ0) is 12.3. The third-order valence-electron chi connectivity index (χ3n) is 3.23. The summed E-state index contributed by atoms with van der Waals surface area (Å²) >= 11 is 0. The molecule has 0 saturated carbocycles. The van der Waals surface area contributed by atoms with E-state index in [0.29, 0.717) is 6.04 Å². The lowest BCUT2D eigenvalue weighted by atomic mass is 10.1. The predicted octanol–water partition coefficient (Wildman–Crippen LogP) is 2.28. The van der Waals surface area contributed by atoms with Crippen molar-refractivity contribution in [3.8, 4) is 5.75 Å². The van der Waals surface area contributed by atoms with E-state index in [1.54, 1.807) is 0 Å². The summed E-state index contributed by atoms with van der Waals surface area (Å²) in [6.07, 6.45) is 2.14. The molecule has 0 aromatic heterocycles. The smallest absolute Gasteiger partial charge is 0.252 e. The number of rotatable bonds is 3. The van der Waals surface area contributed by atoms with Crippen molar-refractivity contribution in [3.63, 3.8) is 0 Å². The number of benzene rings is 1. The summed E-state index contributed by atoms with van der Waals surface area (Å²) in [5.41, 5.74) is 0. The lowest BCUT2D eigenvalue weighted by Crippen LogP contribution is -2.56. The van der Waals surface area contributed by atoms with Crippen LogP contribution in [0.25, 0.3) is 0 Å². The molecule has 1 aromatic carbocycles. The Morgan fingerprint density at radius 2 is 1.88 bits per heavy atom. The molecule has 0 N–H and O–H groups in total. The lowest BCUT2D eigenvalue weighted by molar-refractivity contribution is -0.904. The monoisotopic (exact) mass is 236 g/mol. The maximum Gasteiger partial charge on any atom is 0.252 e. The standard InChI is InChI=1S/C14H22NO2/c1-15(2,3)13-10-7-11-16-14(13)17-12-8-5-4-6-9-12/h4-6,8-9,13-14H,7,10-11H2,1-3H3/q+1/t13-,14-/m0/s1. The van der Waals surface area contributed by atoms with E-state index in [9.17, 15) is 0 Å². The predicted molar refractivity (Wildman–Crippen MR) is 67.9 cm³/mol. The Hall–Kier alpha value is -1.06. The summed E-state index contributed by atoms with van der Waals surface area (Å²) in [6.45, 7) is 0.800. The fraction of sp³-hybridized carbons (Fsp3) is 0.571. The number of para-hydroxylation sites is 1. The van der Waals surface area contributed by atoms with Gasteiger partial charge in [-0.05, 0) is 18.6 Å². The van der Waals surface area contributed by atoms with Crippen molar-refractivity contribution >= 4 is 0 Å². The summed E-state index contributed by atoms with van der Waals surface area (Å²) in [6, 6.07) is 10.3. The highest BCUT2D eigenvalue weighted by atomic mass is 16.7. The molecule has 2 atom stereocenters. The van der Waals surface area contributed by atoms with Crippen LogP contribution in [0.4, 0.5) is 0 Å². The molecule has 0 radical (unpaired) electrons. The largest absolute Gasteiger partial charge is 0.458 e. The van der Waals surface area contributed by atoms with Gasteiger partial charge in [-0.3, -0.25) is 0 Å². The highest BCUT2D eigenvalue weighted by molar-refractivity contribution is 5.21. The fourth-order valence-corrected chi connectivity index (χ4v) is 2.24. The van der Waals surface area contributed by atoms with Gasteiger partial charge in [0, 0.05) is 6.42 Å². The van der Waals surface area contributed by atoms with E-state index in [-0.39, 0.29) is 6.29 Å². The van der Waals surface area contributed by atoms with Crippen LogP contribution in [0.5, 0.6) is 5.75 Å². The highest BCUT2D eigenvalue weighted by Crippen LogP contribution is 2.24. The molecule has 1 saturated heterocycles. The Bertz CT molecular complexity index is 345. The van der Waals surface area contributed by atoms with Gasteiger partial charge in [0.25, 0.3) is 6.29 Å². The Morgan fingerprint density at radius 1 is 1.18 bits per heavy atom. The molecule has 0 aliphatic carbocycles. The van der Waals surface area contributed by atoms with Crippen molar-refractivity contribution in [2.75, 3.05) is 27.7 Å². The van der Waals surface area contributed by atoms with Crippen LogP contribution >= 0.6 is 0 Å². The number of quaternary nitrogens is 1. The van der Waals surface area contributed by atoms with Gasteiger partial charge in [-0.15, -0.1) is 0 Å². The summed E-state index contributed by atoms with van der Waals surface area (Å²) in [4.78, 5) is 0. The van der Waals surface area contributed by atoms with Gasteiger partial charge >= 0.3 is 0 Å².